The van der Waals surface area contributed by atoms with Crippen molar-refractivity contribution < 1.29 is 4.42 Å². The van der Waals surface area contributed by atoms with Gasteiger partial charge in [0.05, 0.1) is 5.25 Å². The molecule has 0 aliphatic carbocycles. The average Bonchev–Trinajstić information content (AvgIpc) is 2.76. The molecule has 0 N–H and O–H groups in total. The minimum atomic E-state index is 0.188. The lowest BCUT2D eigenvalue weighted by Gasteiger charge is -2.16. The largest absolute Gasteiger partial charge is 0.424 e. The first kappa shape index (κ1) is 13.6. The number of benzene rings is 1. The van der Waals surface area contributed by atoms with Crippen molar-refractivity contribution in [2.24, 2.45) is 0 Å². The molecule has 0 bridgehead atoms. The molecule has 18 heavy (non-hydrogen) atoms. The summed E-state index contributed by atoms with van der Waals surface area (Å²) in [5.74, 6) is 1.31. The number of nitrogens with zero attached hydrogens (tertiary/aromatic N) is 2. The van der Waals surface area contributed by atoms with E-state index in [1.54, 1.807) is 11.8 Å². The van der Waals surface area contributed by atoms with Crippen LogP contribution < -0.4 is 0 Å². The van der Waals surface area contributed by atoms with Gasteiger partial charge in [0.1, 0.15) is 0 Å². The van der Waals surface area contributed by atoms with Gasteiger partial charge in [0.2, 0.25) is 11.8 Å². The van der Waals surface area contributed by atoms with Crippen LogP contribution in [-0.4, -0.2) is 10.2 Å². The number of rotatable bonds is 4. The molecule has 96 valence electrons. The highest BCUT2D eigenvalue weighted by Crippen LogP contribution is 2.41. The van der Waals surface area contributed by atoms with Gasteiger partial charge in [-0.25, -0.2) is 0 Å². The molecule has 0 aliphatic rings. The van der Waals surface area contributed by atoms with Crippen molar-refractivity contribution in [1.29, 1.82) is 0 Å². The van der Waals surface area contributed by atoms with Gasteiger partial charge in [-0.1, -0.05) is 34.1 Å². The third-order valence-corrected chi connectivity index (χ3v) is 4.64. The molecule has 1 heterocycles. The third-order valence-electron chi connectivity index (χ3n) is 2.64. The van der Waals surface area contributed by atoms with E-state index in [2.05, 4.69) is 58.2 Å². The molecular formula is C13H15BrN2OS. The fraction of sp³-hybridized carbons (Fsp3) is 0.385. The van der Waals surface area contributed by atoms with Gasteiger partial charge in [0.15, 0.2) is 0 Å². The SMILES string of the molecule is Cc1nnc([C@@H](C)S[C@H](C)c2ccccc2Br)o1. The van der Waals surface area contributed by atoms with Gasteiger partial charge >= 0.3 is 0 Å². The Morgan fingerprint density at radius 3 is 2.50 bits per heavy atom. The summed E-state index contributed by atoms with van der Waals surface area (Å²) in [5.41, 5.74) is 1.28. The molecule has 1 aromatic carbocycles. The fourth-order valence-electron chi connectivity index (χ4n) is 1.72. The Kier molecular flexibility index (Phi) is 4.45. The van der Waals surface area contributed by atoms with Crippen LogP contribution in [0.25, 0.3) is 0 Å². The van der Waals surface area contributed by atoms with Crippen LogP contribution in [-0.2, 0) is 0 Å². The van der Waals surface area contributed by atoms with Crippen molar-refractivity contribution in [3.05, 3.63) is 46.1 Å². The lowest BCUT2D eigenvalue weighted by atomic mass is 10.2. The summed E-state index contributed by atoms with van der Waals surface area (Å²) in [7, 11) is 0. The molecule has 0 aliphatic heterocycles. The number of aryl methyl sites for hydroxylation is 1. The molecule has 5 heteroatoms. The summed E-state index contributed by atoms with van der Waals surface area (Å²) < 4.78 is 6.60. The molecule has 2 rings (SSSR count). The number of hydrogen-bond acceptors (Lipinski definition) is 4. The van der Waals surface area contributed by atoms with Crippen molar-refractivity contribution in [1.82, 2.24) is 10.2 Å². The van der Waals surface area contributed by atoms with Crippen molar-refractivity contribution in [2.45, 2.75) is 31.3 Å². The minimum Gasteiger partial charge on any atom is -0.424 e. The quantitative estimate of drug-likeness (QED) is 0.816. The molecule has 0 amide bonds. The molecule has 0 radical (unpaired) electrons. The van der Waals surface area contributed by atoms with Crippen LogP contribution in [0.2, 0.25) is 0 Å². The van der Waals surface area contributed by atoms with Crippen LogP contribution in [0.3, 0.4) is 0 Å². The van der Waals surface area contributed by atoms with E-state index in [-0.39, 0.29) is 5.25 Å². The Labute approximate surface area is 120 Å². The number of hydrogen-bond donors (Lipinski definition) is 0. The minimum absolute atomic E-state index is 0.188. The van der Waals surface area contributed by atoms with E-state index in [9.17, 15) is 0 Å². The number of thioether (sulfide) groups is 1. The molecule has 0 saturated heterocycles. The second-order valence-electron chi connectivity index (χ2n) is 4.10. The normalized spacial score (nSPS) is 14.4. The maximum absolute atomic E-state index is 5.46. The van der Waals surface area contributed by atoms with Crippen LogP contribution in [0.15, 0.2) is 33.2 Å². The van der Waals surface area contributed by atoms with Gasteiger partial charge in [0.25, 0.3) is 0 Å². The molecule has 0 spiro atoms. The predicted molar refractivity (Wildman–Crippen MR) is 77.6 cm³/mol. The van der Waals surface area contributed by atoms with Gasteiger partial charge in [-0.15, -0.1) is 22.0 Å². The highest BCUT2D eigenvalue weighted by atomic mass is 79.9. The van der Waals surface area contributed by atoms with Crippen LogP contribution >= 0.6 is 27.7 Å². The maximum atomic E-state index is 5.46. The third kappa shape index (κ3) is 3.14. The zero-order chi connectivity index (χ0) is 13.1. The predicted octanol–water partition coefficient (Wildman–Crippen LogP) is 4.70. The Hall–Kier alpha value is -0.810. The first-order chi connectivity index (χ1) is 8.58. The van der Waals surface area contributed by atoms with Crippen molar-refractivity contribution in [3.8, 4) is 0 Å². The van der Waals surface area contributed by atoms with Crippen molar-refractivity contribution in [3.63, 3.8) is 0 Å². The Bertz CT molecular complexity index is 529. The van der Waals surface area contributed by atoms with E-state index >= 15 is 0 Å². The summed E-state index contributed by atoms with van der Waals surface area (Å²) >= 11 is 5.39. The molecule has 2 aromatic rings. The molecule has 3 nitrogen and oxygen atoms in total. The lowest BCUT2D eigenvalue weighted by molar-refractivity contribution is 0.470. The Balaban J connectivity index is 2.08. The van der Waals surface area contributed by atoms with Gasteiger partial charge in [-0.2, -0.15) is 0 Å². The summed E-state index contributed by atoms with van der Waals surface area (Å²) in [6.45, 7) is 6.08. The first-order valence-corrected chi connectivity index (χ1v) is 7.51. The van der Waals surface area contributed by atoms with Crippen LogP contribution in [0.1, 0.15) is 41.7 Å². The van der Waals surface area contributed by atoms with E-state index in [0.717, 1.165) is 4.47 Å². The van der Waals surface area contributed by atoms with Crippen molar-refractivity contribution >= 4 is 27.7 Å². The summed E-state index contributed by atoms with van der Waals surface area (Å²) in [5, 5.41) is 8.48. The molecule has 2 atom stereocenters. The number of halogens is 1. The summed E-state index contributed by atoms with van der Waals surface area (Å²) in [4.78, 5) is 0. The first-order valence-electron chi connectivity index (χ1n) is 5.78. The van der Waals surface area contributed by atoms with Crippen molar-refractivity contribution in [2.75, 3.05) is 0 Å². The highest BCUT2D eigenvalue weighted by molar-refractivity contribution is 9.10. The van der Waals surface area contributed by atoms with E-state index in [0.29, 0.717) is 17.0 Å². The monoisotopic (exact) mass is 326 g/mol. The van der Waals surface area contributed by atoms with Crippen LogP contribution in [0.4, 0.5) is 0 Å². The van der Waals surface area contributed by atoms with E-state index in [4.69, 9.17) is 4.42 Å². The fourth-order valence-corrected chi connectivity index (χ4v) is 3.67. The van der Waals surface area contributed by atoms with Crippen LogP contribution in [0.5, 0.6) is 0 Å². The van der Waals surface area contributed by atoms with Gasteiger partial charge in [0, 0.05) is 16.6 Å². The van der Waals surface area contributed by atoms with Gasteiger partial charge in [-0.05, 0) is 25.5 Å². The van der Waals surface area contributed by atoms with Gasteiger partial charge in [-0.3, -0.25) is 0 Å². The second-order valence-corrected chi connectivity index (χ2v) is 6.64. The molecule has 0 saturated carbocycles. The van der Waals surface area contributed by atoms with Gasteiger partial charge < -0.3 is 4.42 Å². The molecule has 0 fully saturated rings. The Morgan fingerprint density at radius 1 is 1.17 bits per heavy atom. The highest BCUT2D eigenvalue weighted by Gasteiger charge is 2.18. The summed E-state index contributed by atoms with van der Waals surface area (Å²) in [6, 6.07) is 8.27. The van der Waals surface area contributed by atoms with E-state index in [1.807, 2.05) is 13.0 Å². The number of aromatic nitrogens is 2. The zero-order valence-corrected chi connectivity index (χ0v) is 13.0. The maximum Gasteiger partial charge on any atom is 0.229 e. The topological polar surface area (TPSA) is 38.9 Å². The zero-order valence-electron chi connectivity index (χ0n) is 10.6. The molecule has 1 aromatic heterocycles. The second kappa shape index (κ2) is 5.89. The average molecular weight is 327 g/mol. The smallest absolute Gasteiger partial charge is 0.229 e. The van der Waals surface area contributed by atoms with E-state index in [1.165, 1.54) is 5.56 Å². The molecule has 0 unspecified atom stereocenters. The Morgan fingerprint density at radius 2 is 1.89 bits per heavy atom. The summed E-state index contributed by atoms with van der Waals surface area (Å²) in [6.07, 6.45) is 0. The van der Waals surface area contributed by atoms with Crippen LogP contribution in [0, 0.1) is 6.92 Å². The van der Waals surface area contributed by atoms with E-state index < -0.39 is 0 Å². The molecular weight excluding hydrogens is 312 g/mol. The lowest BCUT2D eigenvalue weighted by Crippen LogP contribution is -1.95. The standard InChI is InChI=1S/C13H15BrN2OS/c1-8(11-6-4-5-7-12(11)14)18-9(2)13-16-15-10(3)17-13/h4-9H,1-3H3/t8-,9-/m1/s1.